The van der Waals surface area contributed by atoms with E-state index in [1.165, 1.54) is 0 Å². The van der Waals surface area contributed by atoms with E-state index < -0.39 is 0 Å². The van der Waals surface area contributed by atoms with E-state index in [9.17, 15) is 0 Å². The number of pyridine rings is 1. The molecule has 0 aromatic carbocycles. The lowest BCUT2D eigenvalue weighted by Crippen LogP contribution is -2.29. The van der Waals surface area contributed by atoms with Crippen LogP contribution in [0.4, 0.5) is 0 Å². The Morgan fingerprint density at radius 2 is 2.13 bits per heavy atom. The second-order valence-corrected chi connectivity index (χ2v) is 4.01. The molecule has 0 bridgehead atoms. The fraction of sp³-hybridized carbons (Fsp3) is 0.583. The van der Waals surface area contributed by atoms with Gasteiger partial charge in [-0.15, -0.1) is 0 Å². The van der Waals surface area contributed by atoms with Gasteiger partial charge in [-0.2, -0.15) is 0 Å². The molecule has 0 spiro atoms. The zero-order valence-electron chi connectivity index (χ0n) is 9.73. The lowest BCUT2D eigenvalue weighted by atomic mass is 10.0. The third kappa shape index (κ3) is 3.88. The molecule has 3 heteroatoms. The van der Waals surface area contributed by atoms with E-state index in [-0.39, 0.29) is 6.04 Å². The monoisotopic (exact) mass is 208 g/mol. The van der Waals surface area contributed by atoms with Crippen molar-refractivity contribution in [1.82, 2.24) is 4.98 Å². The van der Waals surface area contributed by atoms with Crippen molar-refractivity contribution in [1.29, 1.82) is 0 Å². The summed E-state index contributed by atoms with van der Waals surface area (Å²) in [7, 11) is 0. The number of hydrogen-bond donors (Lipinski definition) is 1. The van der Waals surface area contributed by atoms with Gasteiger partial charge >= 0.3 is 0 Å². The van der Waals surface area contributed by atoms with Crippen LogP contribution in [0.1, 0.15) is 26.5 Å². The average Bonchev–Trinajstić information content (AvgIpc) is 2.18. The minimum absolute atomic E-state index is 0.161. The topological polar surface area (TPSA) is 48.1 Å². The highest BCUT2D eigenvalue weighted by atomic mass is 16.5. The molecule has 0 aliphatic carbocycles. The van der Waals surface area contributed by atoms with Crippen molar-refractivity contribution >= 4 is 0 Å². The summed E-state index contributed by atoms with van der Waals surface area (Å²) in [5.74, 6) is 1.16. The Kier molecular flexibility index (Phi) is 4.56. The molecule has 0 saturated carbocycles. The van der Waals surface area contributed by atoms with E-state index in [1.54, 1.807) is 0 Å². The van der Waals surface area contributed by atoms with Crippen LogP contribution < -0.4 is 10.5 Å². The van der Waals surface area contributed by atoms with E-state index in [0.29, 0.717) is 18.4 Å². The highest BCUT2D eigenvalue weighted by Crippen LogP contribution is 2.11. The number of nitrogens with two attached hydrogens (primary N) is 1. The lowest BCUT2D eigenvalue weighted by Gasteiger charge is -2.15. The fourth-order valence-electron chi connectivity index (χ4n) is 1.28. The molecule has 84 valence electrons. The Labute approximate surface area is 91.7 Å². The highest BCUT2D eigenvalue weighted by molar-refractivity contribution is 5.16. The van der Waals surface area contributed by atoms with Gasteiger partial charge in [0.05, 0.1) is 6.61 Å². The molecule has 0 radical (unpaired) electrons. The first kappa shape index (κ1) is 12.0. The van der Waals surface area contributed by atoms with Gasteiger partial charge in [-0.1, -0.05) is 19.9 Å². The van der Waals surface area contributed by atoms with Gasteiger partial charge in [0.2, 0.25) is 5.88 Å². The van der Waals surface area contributed by atoms with Crippen LogP contribution in [-0.2, 0) is 6.42 Å². The van der Waals surface area contributed by atoms with Gasteiger partial charge in [0.1, 0.15) is 0 Å². The zero-order chi connectivity index (χ0) is 11.3. The molecule has 0 aliphatic rings. The fourth-order valence-corrected chi connectivity index (χ4v) is 1.28. The summed E-state index contributed by atoms with van der Waals surface area (Å²) >= 11 is 0. The van der Waals surface area contributed by atoms with Gasteiger partial charge in [-0.05, 0) is 18.9 Å². The molecule has 0 amide bonds. The maximum absolute atomic E-state index is 5.99. The number of ether oxygens (including phenoxy) is 1. The van der Waals surface area contributed by atoms with Crippen LogP contribution in [0.15, 0.2) is 18.2 Å². The van der Waals surface area contributed by atoms with Crippen LogP contribution in [0.2, 0.25) is 0 Å². The quantitative estimate of drug-likeness (QED) is 0.805. The van der Waals surface area contributed by atoms with Crippen LogP contribution >= 0.6 is 0 Å². The van der Waals surface area contributed by atoms with E-state index in [0.717, 1.165) is 12.1 Å². The summed E-state index contributed by atoms with van der Waals surface area (Å²) < 4.78 is 5.34. The van der Waals surface area contributed by atoms with E-state index in [4.69, 9.17) is 10.5 Å². The van der Waals surface area contributed by atoms with Crippen LogP contribution in [0.5, 0.6) is 5.88 Å². The summed E-state index contributed by atoms with van der Waals surface area (Å²) in [4.78, 5) is 4.38. The highest BCUT2D eigenvalue weighted by Gasteiger charge is 2.09. The van der Waals surface area contributed by atoms with E-state index >= 15 is 0 Å². The molecule has 0 fully saturated rings. The summed E-state index contributed by atoms with van der Waals surface area (Å²) in [5.41, 5.74) is 6.99. The standard InChI is InChI=1S/C12H20N2O/c1-4-15-12-7-5-6-10(14-12)8-11(13)9(2)3/h5-7,9,11H,4,8,13H2,1-3H3. The van der Waals surface area contributed by atoms with Crippen molar-refractivity contribution in [2.75, 3.05) is 6.61 Å². The Morgan fingerprint density at radius 3 is 2.73 bits per heavy atom. The van der Waals surface area contributed by atoms with E-state index in [2.05, 4.69) is 18.8 Å². The average molecular weight is 208 g/mol. The molecule has 1 aromatic rings. The maximum atomic E-state index is 5.99. The normalized spacial score (nSPS) is 12.9. The Balaban J connectivity index is 2.64. The molecule has 15 heavy (non-hydrogen) atoms. The third-order valence-electron chi connectivity index (χ3n) is 2.37. The zero-order valence-corrected chi connectivity index (χ0v) is 9.73. The summed E-state index contributed by atoms with van der Waals surface area (Å²) in [6.07, 6.45) is 0.804. The second kappa shape index (κ2) is 5.71. The largest absolute Gasteiger partial charge is 0.478 e. The van der Waals surface area contributed by atoms with Gasteiger partial charge in [0.25, 0.3) is 0 Å². The maximum Gasteiger partial charge on any atom is 0.213 e. The molecule has 0 aliphatic heterocycles. The number of hydrogen-bond acceptors (Lipinski definition) is 3. The molecule has 0 saturated heterocycles. The molecule has 1 atom stereocenters. The van der Waals surface area contributed by atoms with Gasteiger partial charge in [0, 0.05) is 24.2 Å². The first-order chi connectivity index (χ1) is 7.13. The first-order valence-electron chi connectivity index (χ1n) is 5.47. The minimum Gasteiger partial charge on any atom is -0.478 e. The van der Waals surface area contributed by atoms with Crippen molar-refractivity contribution < 1.29 is 4.74 Å². The van der Waals surface area contributed by atoms with Gasteiger partial charge in [0.15, 0.2) is 0 Å². The Hall–Kier alpha value is -1.09. The van der Waals surface area contributed by atoms with Crippen LogP contribution in [-0.4, -0.2) is 17.6 Å². The molecule has 3 nitrogen and oxygen atoms in total. The predicted molar refractivity (Wildman–Crippen MR) is 61.9 cm³/mol. The van der Waals surface area contributed by atoms with Gasteiger partial charge < -0.3 is 10.5 Å². The van der Waals surface area contributed by atoms with Crippen molar-refractivity contribution in [3.05, 3.63) is 23.9 Å². The molecular weight excluding hydrogens is 188 g/mol. The van der Waals surface area contributed by atoms with Crippen LogP contribution in [0.25, 0.3) is 0 Å². The SMILES string of the molecule is CCOc1cccc(CC(N)C(C)C)n1. The molecule has 1 unspecified atom stereocenters. The summed E-state index contributed by atoms with van der Waals surface area (Å²) in [6, 6.07) is 5.98. The summed E-state index contributed by atoms with van der Waals surface area (Å²) in [6.45, 7) is 6.84. The molecule has 1 aromatic heterocycles. The van der Waals surface area contributed by atoms with Crippen LogP contribution in [0, 0.1) is 5.92 Å². The second-order valence-electron chi connectivity index (χ2n) is 4.01. The van der Waals surface area contributed by atoms with Gasteiger partial charge in [-0.25, -0.2) is 4.98 Å². The van der Waals surface area contributed by atoms with Crippen molar-refractivity contribution in [3.8, 4) is 5.88 Å². The lowest BCUT2D eigenvalue weighted by molar-refractivity contribution is 0.325. The number of rotatable bonds is 5. The Morgan fingerprint density at radius 1 is 1.40 bits per heavy atom. The number of nitrogens with zero attached hydrogens (tertiary/aromatic N) is 1. The third-order valence-corrected chi connectivity index (χ3v) is 2.37. The number of aromatic nitrogens is 1. The Bertz CT molecular complexity index is 299. The smallest absolute Gasteiger partial charge is 0.213 e. The first-order valence-corrected chi connectivity index (χ1v) is 5.47. The van der Waals surface area contributed by atoms with Crippen molar-refractivity contribution in [2.45, 2.75) is 33.2 Å². The van der Waals surface area contributed by atoms with Crippen LogP contribution in [0.3, 0.4) is 0 Å². The molecule has 1 rings (SSSR count). The van der Waals surface area contributed by atoms with Crippen molar-refractivity contribution in [3.63, 3.8) is 0 Å². The molecular formula is C12H20N2O. The van der Waals surface area contributed by atoms with Gasteiger partial charge in [-0.3, -0.25) is 0 Å². The minimum atomic E-state index is 0.161. The molecule has 2 N–H and O–H groups in total. The van der Waals surface area contributed by atoms with Crippen molar-refractivity contribution in [2.24, 2.45) is 11.7 Å². The van der Waals surface area contributed by atoms with E-state index in [1.807, 2.05) is 25.1 Å². The summed E-state index contributed by atoms with van der Waals surface area (Å²) in [5, 5.41) is 0. The molecule has 1 heterocycles. The predicted octanol–water partition coefficient (Wildman–Crippen LogP) is 2.01.